The van der Waals surface area contributed by atoms with E-state index in [0.29, 0.717) is 0 Å². The molecule has 100 valence electrons. The number of hydrogen-bond acceptors (Lipinski definition) is 6. The number of ether oxygens (including phenoxy) is 1. The van der Waals surface area contributed by atoms with Crippen LogP contribution in [0.3, 0.4) is 0 Å². The summed E-state index contributed by atoms with van der Waals surface area (Å²) in [7, 11) is 1.62. The number of pyridine rings is 2. The highest BCUT2D eigenvalue weighted by Gasteiger charge is 2.05. The number of nitrogens with zero attached hydrogens (tertiary/aromatic N) is 3. The number of rotatable bonds is 4. The molecule has 0 fully saturated rings. The van der Waals surface area contributed by atoms with Crippen molar-refractivity contribution < 1.29 is 4.74 Å². The van der Waals surface area contributed by atoms with E-state index in [2.05, 4.69) is 20.3 Å². The first-order valence-corrected chi connectivity index (χ1v) is 6.86. The van der Waals surface area contributed by atoms with Crippen molar-refractivity contribution in [3.8, 4) is 17.0 Å². The smallest absolute Gasteiger partial charge is 0.188 e. The van der Waals surface area contributed by atoms with Crippen LogP contribution in [0.1, 0.15) is 0 Å². The van der Waals surface area contributed by atoms with Crippen LogP contribution in [0.5, 0.6) is 5.75 Å². The molecule has 3 aromatic heterocycles. The quantitative estimate of drug-likeness (QED) is 0.796. The molecule has 1 N–H and O–H groups in total. The topological polar surface area (TPSA) is 59.9 Å². The summed E-state index contributed by atoms with van der Waals surface area (Å²) in [4.78, 5) is 12.8. The summed E-state index contributed by atoms with van der Waals surface area (Å²) in [5.41, 5.74) is 1.97. The van der Waals surface area contributed by atoms with Crippen LogP contribution >= 0.6 is 11.3 Å². The fourth-order valence-electron chi connectivity index (χ4n) is 1.67. The van der Waals surface area contributed by atoms with Crippen LogP contribution in [0, 0.1) is 0 Å². The van der Waals surface area contributed by atoms with Gasteiger partial charge in [-0.2, -0.15) is 0 Å². The molecular weight excluding hydrogens is 272 g/mol. The van der Waals surface area contributed by atoms with Crippen molar-refractivity contribution in [3.05, 3.63) is 48.2 Å². The first-order valence-electron chi connectivity index (χ1n) is 5.98. The Kier molecular flexibility index (Phi) is 3.56. The number of methoxy groups -OCH3 is 1. The Hall–Kier alpha value is -2.47. The van der Waals surface area contributed by atoms with Gasteiger partial charge in [0.25, 0.3) is 0 Å². The molecule has 0 aliphatic carbocycles. The molecule has 0 saturated carbocycles. The monoisotopic (exact) mass is 284 g/mol. The predicted molar refractivity (Wildman–Crippen MR) is 79.4 cm³/mol. The van der Waals surface area contributed by atoms with E-state index in [-0.39, 0.29) is 0 Å². The fraction of sp³-hybridized carbons (Fsp3) is 0.0714. The van der Waals surface area contributed by atoms with Gasteiger partial charge in [0, 0.05) is 23.3 Å². The zero-order valence-corrected chi connectivity index (χ0v) is 11.6. The highest BCUT2D eigenvalue weighted by Crippen LogP contribution is 2.26. The van der Waals surface area contributed by atoms with Crippen molar-refractivity contribution in [1.82, 2.24) is 15.0 Å². The van der Waals surface area contributed by atoms with Crippen molar-refractivity contribution in [3.63, 3.8) is 0 Å². The van der Waals surface area contributed by atoms with Crippen LogP contribution in [0.2, 0.25) is 0 Å². The van der Waals surface area contributed by atoms with Crippen molar-refractivity contribution in [2.24, 2.45) is 0 Å². The zero-order valence-electron chi connectivity index (χ0n) is 10.8. The Balaban J connectivity index is 1.77. The van der Waals surface area contributed by atoms with Gasteiger partial charge in [-0.3, -0.25) is 4.98 Å². The van der Waals surface area contributed by atoms with Crippen LogP contribution in [0.25, 0.3) is 11.3 Å². The van der Waals surface area contributed by atoms with Gasteiger partial charge < -0.3 is 10.1 Å². The molecule has 3 rings (SSSR count). The molecule has 5 nitrogen and oxygen atoms in total. The molecule has 0 aromatic carbocycles. The zero-order chi connectivity index (χ0) is 13.8. The molecule has 0 amide bonds. The van der Waals surface area contributed by atoms with Crippen LogP contribution < -0.4 is 10.1 Å². The SMILES string of the molecule is COc1ccc(Nc2nc(-c3ccncc3)cs2)nc1. The van der Waals surface area contributed by atoms with Gasteiger partial charge in [-0.15, -0.1) is 11.3 Å². The molecule has 0 atom stereocenters. The fourth-order valence-corrected chi connectivity index (χ4v) is 2.40. The Morgan fingerprint density at radius 3 is 2.70 bits per heavy atom. The summed E-state index contributed by atoms with van der Waals surface area (Å²) in [6, 6.07) is 7.58. The summed E-state index contributed by atoms with van der Waals surface area (Å²) < 4.78 is 5.07. The number of anilines is 2. The van der Waals surface area contributed by atoms with E-state index in [4.69, 9.17) is 4.74 Å². The molecule has 0 bridgehead atoms. The van der Waals surface area contributed by atoms with Crippen LogP contribution in [0.15, 0.2) is 48.2 Å². The van der Waals surface area contributed by atoms with Crippen molar-refractivity contribution in [1.29, 1.82) is 0 Å². The lowest BCUT2D eigenvalue weighted by Crippen LogP contribution is -1.93. The van der Waals surface area contributed by atoms with Crippen LogP contribution in [-0.2, 0) is 0 Å². The lowest BCUT2D eigenvalue weighted by Gasteiger charge is -2.02. The maximum atomic E-state index is 5.07. The van der Waals surface area contributed by atoms with E-state index in [1.54, 1.807) is 25.7 Å². The van der Waals surface area contributed by atoms with Gasteiger partial charge in [0.1, 0.15) is 11.6 Å². The molecule has 0 radical (unpaired) electrons. The minimum Gasteiger partial charge on any atom is -0.495 e. The van der Waals surface area contributed by atoms with Crippen molar-refractivity contribution >= 4 is 22.3 Å². The predicted octanol–water partition coefficient (Wildman–Crippen LogP) is 3.35. The average molecular weight is 284 g/mol. The van der Waals surface area contributed by atoms with Gasteiger partial charge in [0.15, 0.2) is 5.13 Å². The Morgan fingerprint density at radius 2 is 2.00 bits per heavy atom. The van der Waals surface area contributed by atoms with E-state index in [0.717, 1.165) is 28.0 Å². The van der Waals surface area contributed by atoms with E-state index in [1.165, 1.54) is 11.3 Å². The summed E-state index contributed by atoms with van der Waals surface area (Å²) in [5, 5.41) is 5.97. The molecule has 0 aliphatic rings. The maximum Gasteiger partial charge on any atom is 0.188 e. The third kappa shape index (κ3) is 2.75. The number of nitrogens with one attached hydrogen (secondary N) is 1. The molecule has 3 aromatic rings. The molecule has 20 heavy (non-hydrogen) atoms. The summed E-state index contributed by atoms with van der Waals surface area (Å²) in [5.74, 6) is 1.47. The van der Waals surface area contributed by atoms with E-state index < -0.39 is 0 Å². The minimum absolute atomic E-state index is 0.729. The van der Waals surface area contributed by atoms with Crippen molar-refractivity contribution in [2.45, 2.75) is 0 Å². The van der Waals surface area contributed by atoms with Gasteiger partial charge >= 0.3 is 0 Å². The highest BCUT2D eigenvalue weighted by atomic mass is 32.1. The van der Waals surface area contributed by atoms with E-state index >= 15 is 0 Å². The molecule has 0 aliphatic heterocycles. The van der Waals surface area contributed by atoms with Crippen LogP contribution in [0.4, 0.5) is 10.9 Å². The number of thiazole rings is 1. The number of hydrogen-bond donors (Lipinski definition) is 1. The minimum atomic E-state index is 0.729. The molecule has 3 heterocycles. The third-order valence-electron chi connectivity index (χ3n) is 2.69. The molecule has 0 unspecified atom stereocenters. The molecular formula is C14H12N4OS. The second kappa shape index (κ2) is 5.66. The Bertz CT molecular complexity index is 682. The largest absolute Gasteiger partial charge is 0.495 e. The summed E-state index contributed by atoms with van der Waals surface area (Å²) in [6.45, 7) is 0. The van der Waals surface area contributed by atoms with Crippen molar-refractivity contribution in [2.75, 3.05) is 12.4 Å². The maximum absolute atomic E-state index is 5.07. The van der Waals surface area contributed by atoms with Gasteiger partial charge in [0.2, 0.25) is 0 Å². The van der Waals surface area contributed by atoms with Gasteiger partial charge in [0.05, 0.1) is 19.0 Å². The summed E-state index contributed by atoms with van der Waals surface area (Å²) >= 11 is 1.54. The highest BCUT2D eigenvalue weighted by molar-refractivity contribution is 7.14. The van der Waals surface area contributed by atoms with Gasteiger partial charge in [-0.25, -0.2) is 9.97 Å². The molecule has 0 saturated heterocycles. The lowest BCUT2D eigenvalue weighted by molar-refractivity contribution is 0.413. The second-order valence-corrected chi connectivity index (χ2v) is 4.84. The molecule has 0 spiro atoms. The Morgan fingerprint density at radius 1 is 1.15 bits per heavy atom. The van der Waals surface area contributed by atoms with E-state index in [9.17, 15) is 0 Å². The van der Waals surface area contributed by atoms with E-state index in [1.807, 2.05) is 29.6 Å². The first-order chi connectivity index (χ1) is 9.85. The van der Waals surface area contributed by atoms with Gasteiger partial charge in [-0.1, -0.05) is 0 Å². The van der Waals surface area contributed by atoms with Crippen LogP contribution in [-0.4, -0.2) is 22.1 Å². The standard InChI is InChI=1S/C14H12N4OS/c1-19-11-2-3-13(16-8-11)18-14-17-12(9-20-14)10-4-6-15-7-5-10/h2-9H,1H3,(H,16,17,18). The summed E-state index contributed by atoms with van der Waals surface area (Å²) in [6.07, 6.45) is 5.18. The lowest BCUT2D eigenvalue weighted by atomic mass is 10.2. The van der Waals surface area contributed by atoms with Gasteiger partial charge in [-0.05, 0) is 24.3 Å². The average Bonchev–Trinajstić information content (AvgIpc) is 2.97. The third-order valence-corrected chi connectivity index (χ3v) is 3.45. The first kappa shape index (κ1) is 12.6. The Labute approximate surface area is 120 Å². The molecule has 6 heteroatoms. The second-order valence-electron chi connectivity index (χ2n) is 3.98. The number of aromatic nitrogens is 3. The normalized spacial score (nSPS) is 10.2.